The Balaban J connectivity index is 1.93. The van der Waals surface area contributed by atoms with Gasteiger partial charge in [-0.1, -0.05) is 13.8 Å². The maximum Gasteiger partial charge on any atom is 0.150 e. The van der Waals surface area contributed by atoms with Crippen LogP contribution in [-0.4, -0.2) is 38.8 Å². The van der Waals surface area contributed by atoms with E-state index in [-0.39, 0.29) is 17.1 Å². The number of hydrogen-bond acceptors (Lipinski definition) is 4. The molecule has 2 unspecified atom stereocenters. The summed E-state index contributed by atoms with van der Waals surface area (Å²) < 4.78 is 29.2. The minimum atomic E-state index is -2.82. The Bertz CT molecular complexity index is 392. The molecular formula is C13H25NO3S. The molecule has 106 valence electrons. The molecule has 2 aliphatic rings. The Hall–Kier alpha value is -0.130. The first-order valence-corrected chi connectivity index (χ1v) is 8.61. The maximum atomic E-state index is 11.6. The maximum absolute atomic E-state index is 11.6. The zero-order valence-corrected chi connectivity index (χ0v) is 12.5. The van der Waals surface area contributed by atoms with Crippen molar-refractivity contribution in [1.29, 1.82) is 0 Å². The van der Waals surface area contributed by atoms with Crippen LogP contribution in [0.4, 0.5) is 0 Å². The van der Waals surface area contributed by atoms with Crippen molar-refractivity contribution in [3.63, 3.8) is 0 Å². The monoisotopic (exact) mass is 275 g/mol. The van der Waals surface area contributed by atoms with Crippen LogP contribution in [0.5, 0.6) is 0 Å². The van der Waals surface area contributed by atoms with Crippen LogP contribution >= 0.6 is 0 Å². The van der Waals surface area contributed by atoms with Crippen molar-refractivity contribution >= 4 is 9.84 Å². The summed E-state index contributed by atoms with van der Waals surface area (Å²) in [6, 6.07) is 0. The molecule has 0 aromatic carbocycles. The molecule has 5 heteroatoms. The van der Waals surface area contributed by atoms with Crippen molar-refractivity contribution in [3.05, 3.63) is 0 Å². The summed E-state index contributed by atoms with van der Waals surface area (Å²) >= 11 is 0. The highest BCUT2D eigenvalue weighted by molar-refractivity contribution is 7.91. The van der Waals surface area contributed by atoms with E-state index in [2.05, 4.69) is 19.2 Å². The summed E-state index contributed by atoms with van der Waals surface area (Å²) in [5, 5.41) is 3.44. The smallest absolute Gasteiger partial charge is 0.150 e. The van der Waals surface area contributed by atoms with Crippen LogP contribution in [0.15, 0.2) is 0 Å². The van der Waals surface area contributed by atoms with Crippen molar-refractivity contribution in [3.8, 4) is 0 Å². The molecule has 2 atom stereocenters. The summed E-state index contributed by atoms with van der Waals surface area (Å²) in [4.78, 5) is 0. The number of sulfone groups is 1. The van der Waals surface area contributed by atoms with Gasteiger partial charge < -0.3 is 4.74 Å². The summed E-state index contributed by atoms with van der Waals surface area (Å²) in [5.74, 6) is 0.931. The second kappa shape index (κ2) is 4.76. The normalized spacial score (nSPS) is 39.4. The fourth-order valence-electron chi connectivity index (χ4n) is 2.84. The molecule has 4 nitrogen and oxygen atoms in total. The molecule has 0 saturated carbocycles. The van der Waals surface area contributed by atoms with E-state index in [9.17, 15) is 8.42 Å². The molecule has 0 spiro atoms. The minimum Gasteiger partial charge on any atom is -0.360 e. The van der Waals surface area contributed by atoms with Crippen molar-refractivity contribution in [2.75, 3.05) is 24.7 Å². The molecule has 0 aromatic heterocycles. The molecule has 0 radical (unpaired) electrons. The minimum absolute atomic E-state index is 0.165. The predicted molar refractivity (Wildman–Crippen MR) is 72.1 cm³/mol. The number of rotatable bonds is 2. The third-order valence-electron chi connectivity index (χ3n) is 3.96. The Kier molecular flexibility index (Phi) is 3.78. The first kappa shape index (κ1) is 14.3. The van der Waals surface area contributed by atoms with Gasteiger partial charge in [-0.25, -0.2) is 8.42 Å². The van der Waals surface area contributed by atoms with Crippen LogP contribution in [0.3, 0.4) is 0 Å². The van der Waals surface area contributed by atoms with Gasteiger partial charge in [0.25, 0.3) is 0 Å². The zero-order valence-electron chi connectivity index (χ0n) is 11.7. The lowest BCUT2D eigenvalue weighted by Gasteiger charge is -2.44. The van der Waals surface area contributed by atoms with Crippen LogP contribution in [0, 0.1) is 11.3 Å². The van der Waals surface area contributed by atoms with E-state index in [0.717, 1.165) is 32.4 Å². The Morgan fingerprint density at radius 3 is 2.61 bits per heavy atom. The fraction of sp³-hybridized carbons (Fsp3) is 1.00. The molecule has 2 saturated heterocycles. The highest BCUT2D eigenvalue weighted by Crippen LogP contribution is 2.32. The van der Waals surface area contributed by atoms with Crippen LogP contribution in [0.25, 0.3) is 0 Å². The van der Waals surface area contributed by atoms with Crippen molar-refractivity contribution in [2.45, 2.75) is 45.8 Å². The van der Waals surface area contributed by atoms with E-state index >= 15 is 0 Å². The summed E-state index contributed by atoms with van der Waals surface area (Å²) in [6.45, 7) is 8.04. The summed E-state index contributed by atoms with van der Waals surface area (Å²) in [5.41, 5.74) is -0.189. The van der Waals surface area contributed by atoms with E-state index in [0.29, 0.717) is 11.5 Å². The van der Waals surface area contributed by atoms with Gasteiger partial charge in [0.05, 0.1) is 18.1 Å². The number of hydrogen-bond donors (Lipinski definition) is 1. The molecule has 2 rings (SSSR count). The molecule has 2 heterocycles. The Morgan fingerprint density at radius 2 is 2.06 bits per heavy atom. The Morgan fingerprint density at radius 1 is 1.33 bits per heavy atom. The summed E-state index contributed by atoms with van der Waals surface area (Å²) in [7, 11) is -2.82. The average molecular weight is 275 g/mol. The molecule has 1 N–H and O–H groups in total. The highest BCUT2D eigenvalue weighted by atomic mass is 32.2. The lowest BCUT2D eigenvalue weighted by atomic mass is 9.88. The van der Waals surface area contributed by atoms with Crippen molar-refractivity contribution < 1.29 is 13.2 Å². The lowest BCUT2D eigenvalue weighted by molar-refractivity contribution is -0.136. The van der Waals surface area contributed by atoms with Crippen molar-refractivity contribution in [2.24, 2.45) is 11.3 Å². The van der Waals surface area contributed by atoms with E-state index in [4.69, 9.17) is 4.74 Å². The largest absolute Gasteiger partial charge is 0.360 e. The van der Waals surface area contributed by atoms with Gasteiger partial charge in [-0.15, -0.1) is 0 Å². The molecule has 0 amide bonds. The van der Waals surface area contributed by atoms with Gasteiger partial charge in [-0.05, 0) is 32.1 Å². The van der Waals surface area contributed by atoms with E-state index in [1.54, 1.807) is 0 Å². The quantitative estimate of drug-likeness (QED) is 0.831. The predicted octanol–water partition coefficient (Wildman–Crippen LogP) is 1.56. The van der Waals surface area contributed by atoms with Gasteiger partial charge in [-0.3, -0.25) is 5.32 Å². The van der Waals surface area contributed by atoms with Crippen LogP contribution in [0.2, 0.25) is 0 Å². The first-order chi connectivity index (χ1) is 8.20. The molecule has 2 fully saturated rings. The molecule has 2 aliphatic heterocycles. The van der Waals surface area contributed by atoms with Crippen LogP contribution in [-0.2, 0) is 14.6 Å². The number of nitrogens with one attached hydrogen (secondary N) is 1. The van der Waals surface area contributed by atoms with Gasteiger partial charge in [0.15, 0.2) is 9.84 Å². The molecular weight excluding hydrogens is 250 g/mol. The van der Waals surface area contributed by atoms with Gasteiger partial charge in [0, 0.05) is 12.0 Å². The average Bonchev–Trinajstić information content (AvgIpc) is 2.22. The van der Waals surface area contributed by atoms with Gasteiger partial charge in [0.1, 0.15) is 5.72 Å². The van der Waals surface area contributed by atoms with Gasteiger partial charge >= 0.3 is 0 Å². The SMILES string of the molecule is CC1(C)CNC(C)(CC2CCCS(=O)(=O)C2)OC1. The first-order valence-electron chi connectivity index (χ1n) is 6.79. The van der Waals surface area contributed by atoms with Crippen molar-refractivity contribution in [1.82, 2.24) is 5.32 Å². The fourth-order valence-corrected chi connectivity index (χ4v) is 4.62. The number of ether oxygens (including phenoxy) is 1. The second-order valence-electron chi connectivity index (χ2n) is 6.86. The Labute approximate surface area is 110 Å². The molecule has 0 bridgehead atoms. The lowest BCUT2D eigenvalue weighted by Crippen LogP contribution is -2.57. The molecule has 18 heavy (non-hydrogen) atoms. The van der Waals surface area contributed by atoms with E-state index in [1.807, 2.05) is 6.92 Å². The summed E-state index contributed by atoms with van der Waals surface area (Å²) in [6.07, 6.45) is 2.60. The second-order valence-corrected chi connectivity index (χ2v) is 9.09. The zero-order chi connectivity index (χ0) is 13.4. The topological polar surface area (TPSA) is 55.4 Å². The van der Waals surface area contributed by atoms with Crippen LogP contribution in [0.1, 0.15) is 40.0 Å². The standard InChI is InChI=1S/C13H25NO3S/c1-12(2)9-14-13(3,17-10-12)7-11-5-4-6-18(15,16)8-11/h11,14H,4-10H2,1-3H3. The molecule has 0 aliphatic carbocycles. The van der Waals surface area contributed by atoms with Gasteiger partial charge in [-0.2, -0.15) is 0 Å². The van der Waals surface area contributed by atoms with E-state index in [1.165, 1.54) is 0 Å². The third kappa shape index (κ3) is 3.68. The van der Waals surface area contributed by atoms with Gasteiger partial charge in [0.2, 0.25) is 0 Å². The van der Waals surface area contributed by atoms with E-state index < -0.39 is 9.84 Å². The van der Waals surface area contributed by atoms with Crippen LogP contribution < -0.4 is 5.32 Å². The third-order valence-corrected chi connectivity index (χ3v) is 5.85. The molecule has 0 aromatic rings. The highest BCUT2D eigenvalue weighted by Gasteiger charge is 2.38.